The maximum atomic E-state index is 12.5. The molecule has 1 spiro atoms. The third-order valence-corrected chi connectivity index (χ3v) is 5.87. The van der Waals surface area contributed by atoms with Crippen LogP contribution >= 0.6 is 11.6 Å². The summed E-state index contributed by atoms with van der Waals surface area (Å²) in [6.45, 7) is 2.70. The summed E-state index contributed by atoms with van der Waals surface area (Å²) in [5.74, 6) is 0.646. The molecular weight excluding hydrogens is 364 g/mol. The Morgan fingerprint density at radius 3 is 2.70 bits per heavy atom. The van der Waals surface area contributed by atoms with E-state index in [9.17, 15) is 9.90 Å². The molecule has 0 unspecified atom stereocenters. The minimum Gasteiger partial charge on any atom is -0.392 e. The van der Waals surface area contributed by atoms with E-state index in [1.165, 1.54) is 0 Å². The Kier molecular flexibility index (Phi) is 5.12. The van der Waals surface area contributed by atoms with Crippen LogP contribution in [0.4, 0.5) is 0 Å². The van der Waals surface area contributed by atoms with Gasteiger partial charge in [0.15, 0.2) is 5.82 Å². The molecule has 6 nitrogen and oxygen atoms in total. The Balaban J connectivity index is 1.46. The van der Waals surface area contributed by atoms with Crippen LogP contribution in [0.3, 0.4) is 0 Å². The molecule has 1 amide bonds. The van der Waals surface area contributed by atoms with Gasteiger partial charge in [-0.1, -0.05) is 11.6 Å². The van der Waals surface area contributed by atoms with E-state index < -0.39 is 11.5 Å². The second kappa shape index (κ2) is 7.54. The summed E-state index contributed by atoms with van der Waals surface area (Å²) < 4.78 is 0. The van der Waals surface area contributed by atoms with Gasteiger partial charge in [0, 0.05) is 54.7 Å². The highest BCUT2D eigenvalue weighted by Crippen LogP contribution is 2.37. The highest BCUT2D eigenvalue weighted by Gasteiger charge is 2.49. The summed E-state index contributed by atoms with van der Waals surface area (Å²) in [5.41, 5.74) is 1.24. The van der Waals surface area contributed by atoms with Gasteiger partial charge in [0.05, 0.1) is 11.5 Å². The monoisotopic (exact) mass is 386 g/mol. The maximum absolute atomic E-state index is 12.5. The van der Waals surface area contributed by atoms with Crippen molar-refractivity contribution < 1.29 is 9.90 Å². The number of aliphatic hydroxyl groups is 1. The standard InChI is InChI=1S/C20H23ClN4O2/c21-16-4-2-15(3-5-16)18-23-10-14(11-24-18)12-25-9-6-17(26)20(13-25)7-1-8-22-19(20)27/h2-5,10-11,17,26H,1,6-9,12-13H2,(H,22,27)/t17-,20+/m0/s1. The van der Waals surface area contributed by atoms with Crippen LogP contribution in [-0.2, 0) is 11.3 Å². The van der Waals surface area contributed by atoms with Crippen LogP contribution in [0.5, 0.6) is 0 Å². The number of piperidine rings is 2. The Hall–Kier alpha value is -2.02. The molecule has 2 aliphatic rings. The summed E-state index contributed by atoms with van der Waals surface area (Å²) in [4.78, 5) is 23.6. The van der Waals surface area contributed by atoms with Crippen LogP contribution in [0.2, 0.25) is 5.02 Å². The summed E-state index contributed by atoms with van der Waals surface area (Å²) in [6.07, 6.45) is 5.35. The maximum Gasteiger partial charge on any atom is 0.230 e. The molecule has 2 N–H and O–H groups in total. The quantitative estimate of drug-likeness (QED) is 0.846. The van der Waals surface area contributed by atoms with E-state index in [0.29, 0.717) is 36.9 Å². The number of amides is 1. The molecular formula is C20H23ClN4O2. The van der Waals surface area contributed by atoms with Crippen molar-refractivity contribution in [3.05, 3.63) is 47.2 Å². The number of nitrogens with zero attached hydrogens (tertiary/aromatic N) is 3. The van der Waals surface area contributed by atoms with Crippen LogP contribution in [0.1, 0.15) is 24.8 Å². The molecule has 2 saturated heterocycles. The first kappa shape index (κ1) is 18.3. The molecule has 7 heteroatoms. The predicted molar refractivity (Wildman–Crippen MR) is 103 cm³/mol. The lowest BCUT2D eigenvalue weighted by Crippen LogP contribution is -2.61. The van der Waals surface area contributed by atoms with Gasteiger partial charge >= 0.3 is 0 Å². The smallest absolute Gasteiger partial charge is 0.230 e. The van der Waals surface area contributed by atoms with Crippen molar-refractivity contribution in [2.45, 2.75) is 31.9 Å². The SMILES string of the molecule is O=C1NCCC[C@]12CN(Cc1cnc(-c3ccc(Cl)cc3)nc1)CC[C@@H]2O. The molecule has 1 aromatic heterocycles. The van der Waals surface area contributed by atoms with E-state index in [0.717, 1.165) is 30.5 Å². The number of benzene rings is 1. The topological polar surface area (TPSA) is 78.4 Å². The molecule has 0 bridgehead atoms. The number of carbonyl (C=O) groups is 1. The van der Waals surface area contributed by atoms with Crippen molar-refractivity contribution in [3.8, 4) is 11.4 Å². The number of hydrogen-bond donors (Lipinski definition) is 2. The number of hydrogen-bond acceptors (Lipinski definition) is 5. The molecule has 0 aliphatic carbocycles. The van der Waals surface area contributed by atoms with E-state index in [1.54, 1.807) is 0 Å². The fourth-order valence-electron chi connectivity index (χ4n) is 4.11. The molecule has 27 heavy (non-hydrogen) atoms. The summed E-state index contributed by atoms with van der Waals surface area (Å²) in [6, 6.07) is 7.44. The first-order valence-corrected chi connectivity index (χ1v) is 9.70. The Morgan fingerprint density at radius 2 is 2.00 bits per heavy atom. The van der Waals surface area contributed by atoms with E-state index in [1.807, 2.05) is 36.7 Å². The second-order valence-electron chi connectivity index (χ2n) is 7.45. The minimum atomic E-state index is -0.680. The number of carbonyl (C=O) groups excluding carboxylic acids is 1. The van der Waals surface area contributed by atoms with E-state index in [4.69, 9.17) is 11.6 Å². The van der Waals surface area contributed by atoms with E-state index in [-0.39, 0.29) is 5.91 Å². The fourth-order valence-corrected chi connectivity index (χ4v) is 4.23. The van der Waals surface area contributed by atoms with Crippen LogP contribution < -0.4 is 5.32 Å². The van der Waals surface area contributed by atoms with Gasteiger partial charge in [-0.25, -0.2) is 9.97 Å². The van der Waals surface area contributed by atoms with Gasteiger partial charge < -0.3 is 10.4 Å². The lowest BCUT2D eigenvalue weighted by Gasteiger charge is -2.46. The largest absolute Gasteiger partial charge is 0.392 e. The van der Waals surface area contributed by atoms with Crippen LogP contribution in [0, 0.1) is 5.41 Å². The fraction of sp³-hybridized carbons (Fsp3) is 0.450. The van der Waals surface area contributed by atoms with Crippen LogP contribution in [0.25, 0.3) is 11.4 Å². The Labute approximate surface area is 163 Å². The molecule has 2 fully saturated rings. The van der Waals surface area contributed by atoms with Gasteiger partial charge in [-0.3, -0.25) is 9.69 Å². The third kappa shape index (κ3) is 3.70. The number of likely N-dealkylation sites (tertiary alicyclic amines) is 1. The van der Waals surface area contributed by atoms with Crippen molar-refractivity contribution >= 4 is 17.5 Å². The highest BCUT2D eigenvalue weighted by atomic mass is 35.5. The van der Waals surface area contributed by atoms with Gasteiger partial charge in [0.25, 0.3) is 0 Å². The highest BCUT2D eigenvalue weighted by molar-refractivity contribution is 6.30. The van der Waals surface area contributed by atoms with Gasteiger partial charge in [0.1, 0.15) is 0 Å². The summed E-state index contributed by atoms with van der Waals surface area (Å²) in [7, 11) is 0. The zero-order valence-corrected chi connectivity index (χ0v) is 15.8. The second-order valence-corrected chi connectivity index (χ2v) is 7.89. The van der Waals surface area contributed by atoms with Crippen molar-refractivity contribution in [1.82, 2.24) is 20.2 Å². The minimum absolute atomic E-state index is 0.0136. The Bertz CT molecular complexity index is 812. The number of halogens is 1. The van der Waals surface area contributed by atoms with Crippen LogP contribution in [0.15, 0.2) is 36.7 Å². The molecule has 2 aliphatic heterocycles. The van der Waals surface area contributed by atoms with Crippen molar-refractivity contribution in [3.63, 3.8) is 0 Å². The lowest BCUT2D eigenvalue weighted by atomic mass is 9.71. The first-order valence-electron chi connectivity index (χ1n) is 9.32. The first-order chi connectivity index (χ1) is 13.1. The van der Waals surface area contributed by atoms with Gasteiger partial charge in [-0.15, -0.1) is 0 Å². The summed E-state index contributed by atoms with van der Waals surface area (Å²) in [5, 5.41) is 14.1. The van der Waals surface area contributed by atoms with E-state index >= 15 is 0 Å². The number of rotatable bonds is 3. The summed E-state index contributed by atoms with van der Waals surface area (Å²) >= 11 is 5.92. The molecule has 0 radical (unpaired) electrons. The molecule has 4 rings (SSSR count). The number of aromatic nitrogens is 2. The van der Waals surface area contributed by atoms with E-state index in [2.05, 4.69) is 20.2 Å². The predicted octanol–water partition coefficient (Wildman–Crippen LogP) is 2.26. The average Bonchev–Trinajstić information content (AvgIpc) is 2.68. The molecule has 2 aromatic rings. The van der Waals surface area contributed by atoms with Gasteiger partial charge in [-0.2, -0.15) is 0 Å². The van der Waals surface area contributed by atoms with Crippen molar-refractivity contribution in [2.24, 2.45) is 5.41 Å². The number of aliphatic hydroxyl groups excluding tert-OH is 1. The van der Waals surface area contributed by atoms with Crippen LogP contribution in [-0.4, -0.2) is 51.6 Å². The van der Waals surface area contributed by atoms with Crippen molar-refractivity contribution in [1.29, 1.82) is 0 Å². The average molecular weight is 387 g/mol. The zero-order chi connectivity index (χ0) is 18.9. The van der Waals surface area contributed by atoms with Gasteiger partial charge in [-0.05, 0) is 43.5 Å². The van der Waals surface area contributed by atoms with Crippen molar-refractivity contribution in [2.75, 3.05) is 19.6 Å². The number of nitrogens with one attached hydrogen (secondary N) is 1. The Morgan fingerprint density at radius 1 is 1.26 bits per heavy atom. The molecule has 3 heterocycles. The zero-order valence-electron chi connectivity index (χ0n) is 15.1. The molecule has 0 saturated carbocycles. The molecule has 1 aromatic carbocycles. The third-order valence-electron chi connectivity index (χ3n) is 5.61. The normalized spacial score (nSPS) is 26.1. The molecule has 142 valence electrons. The lowest BCUT2D eigenvalue weighted by molar-refractivity contribution is -0.149. The van der Waals surface area contributed by atoms with Gasteiger partial charge in [0.2, 0.25) is 5.91 Å². The molecule has 2 atom stereocenters.